The van der Waals surface area contributed by atoms with Gasteiger partial charge < -0.3 is 25.7 Å². The summed E-state index contributed by atoms with van der Waals surface area (Å²) in [6.45, 7) is 5.16. The lowest BCUT2D eigenvalue weighted by Gasteiger charge is -2.35. The number of benzene rings is 1. The van der Waals surface area contributed by atoms with Crippen LogP contribution in [0.25, 0.3) is 0 Å². The van der Waals surface area contributed by atoms with E-state index < -0.39 is 6.10 Å². The lowest BCUT2D eigenvalue weighted by molar-refractivity contribution is 0.0480. The molecule has 1 saturated heterocycles. The molecule has 1 aliphatic rings. The molecule has 1 aromatic carbocycles. The Kier molecular flexibility index (Phi) is 4.14. The van der Waals surface area contributed by atoms with E-state index in [0.717, 1.165) is 38.3 Å². The van der Waals surface area contributed by atoms with E-state index in [1.165, 1.54) is 0 Å². The molecule has 1 fully saturated rings. The molecule has 6 nitrogen and oxygen atoms in total. The summed E-state index contributed by atoms with van der Waals surface area (Å²) in [5.74, 6) is -0.834. The molecule has 0 bridgehead atoms. The molecule has 19 heavy (non-hydrogen) atoms. The number of hydrogen-bond donors (Lipinski definition) is 5. The predicted octanol–water partition coefficient (Wildman–Crippen LogP) is 0.130. The molecule has 1 aliphatic heterocycles. The summed E-state index contributed by atoms with van der Waals surface area (Å²) in [5, 5.41) is 42.4. The molecule has 0 amide bonds. The van der Waals surface area contributed by atoms with E-state index in [1.54, 1.807) is 0 Å². The van der Waals surface area contributed by atoms with Crippen molar-refractivity contribution >= 4 is 0 Å². The third-order valence-electron chi connectivity index (χ3n) is 3.60. The van der Waals surface area contributed by atoms with Crippen molar-refractivity contribution in [3.05, 3.63) is 17.7 Å². The lowest BCUT2D eigenvalue weighted by Crippen LogP contribution is -2.49. The van der Waals surface area contributed by atoms with Crippen LogP contribution in [0.5, 0.6) is 17.2 Å². The van der Waals surface area contributed by atoms with Crippen LogP contribution in [0.15, 0.2) is 12.1 Å². The molecular formula is C13H20N2O4. The molecule has 6 heteroatoms. The Balaban J connectivity index is 2.20. The molecule has 0 saturated carbocycles. The van der Waals surface area contributed by atoms with Gasteiger partial charge >= 0.3 is 0 Å². The second kappa shape index (κ2) is 5.64. The number of aliphatic hydroxyl groups is 1. The molecule has 0 aliphatic carbocycles. The van der Waals surface area contributed by atoms with Crippen molar-refractivity contribution in [3.63, 3.8) is 0 Å². The van der Waals surface area contributed by atoms with Gasteiger partial charge in [0.1, 0.15) is 23.4 Å². The van der Waals surface area contributed by atoms with E-state index in [9.17, 15) is 20.4 Å². The Morgan fingerprint density at radius 3 is 2.16 bits per heavy atom. The molecule has 1 heterocycles. The minimum atomic E-state index is -1.02. The number of piperazine rings is 1. The fourth-order valence-corrected chi connectivity index (χ4v) is 2.44. The summed E-state index contributed by atoms with van der Waals surface area (Å²) in [5.41, 5.74) is 0.0591. The maximum Gasteiger partial charge on any atom is 0.128 e. The normalized spacial score (nSPS) is 20.1. The Morgan fingerprint density at radius 2 is 1.63 bits per heavy atom. The average Bonchev–Trinajstić information content (AvgIpc) is 2.37. The summed E-state index contributed by atoms with van der Waals surface area (Å²) in [6.07, 6.45) is -1.02. The first kappa shape index (κ1) is 13.9. The van der Waals surface area contributed by atoms with Crippen LogP contribution < -0.4 is 5.32 Å². The second-order valence-corrected chi connectivity index (χ2v) is 4.87. The molecule has 0 aromatic heterocycles. The fraction of sp³-hybridized carbons (Fsp3) is 0.538. The summed E-state index contributed by atoms with van der Waals surface area (Å²) >= 11 is 0. The highest BCUT2D eigenvalue weighted by Gasteiger charge is 2.28. The number of nitrogens with zero attached hydrogens (tertiary/aromatic N) is 1. The van der Waals surface area contributed by atoms with Crippen LogP contribution in [0.4, 0.5) is 0 Å². The van der Waals surface area contributed by atoms with Crippen molar-refractivity contribution in [1.29, 1.82) is 0 Å². The van der Waals surface area contributed by atoms with Gasteiger partial charge in [-0.15, -0.1) is 0 Å². The Bertz CT molecular complexity index is 423. The zero-order valence-electron chi connectivity index (χ0n) is 10.9. The highest BCUT2D eigenvalue weighted by atomic mass is 16.3. The quantitative estimate of drug-likeness (QED) is 0.535. The standard InChI is InChI=1S/C13H20N2O4/c1-8(15-4-2-14-3-5-15)13(19)12-10(17)6-9(16)7-11(12)18/h6-8,13-14,16-19H,2-5H2,1H3. The van der Waals surface area contributed by atoms with Gasteiger partial charge in [-0.05, 0) is 6.92 Å². The monoisotopic (exact) mass is 268 g/mol. The second-order valence-electron chi connectivity index (χ2n) is 4.87. The van der Waals surface area contributed by atoms with Crippen LogP contribution in [0.2, 0.25) is 0 Å². The highest BCUT2D eigenvalue weighted by molar-refractivity contribution is 5.50. The van der Waals surface area contributed by atoms with Crippen molar-refractivity contribution in [2.45, 2.75) is 19.1 Å². The van der Waals surface area contributed by atoms with Crippen molar-refractivity contribution in [2.75, 3.05) is 26.2 Å². The van der Waals surface area contributed by atoms with Crippen molar-refractivity contribution in [3.8, 4) is 17.2 Å². The molecule has 5 N–H and O–H groups in total. The fourth-order valence-electron chi connectivity index (χ4n) is 2.44. The van der Waals surface area contributed by atoms with E-state index in [4.69, 9.17) is 0 Å². The Hall–Kier alpha value is -1.50. The molecular weight excluding hydrogens is 248 g/mol. The van der Waals surface area contributed by atoms with Gasteiger partial charge in [-0.3, -0.25) is 4.90 Å². The van der Waals surface area contributed by atoms with E-state index in [2.05, 4.69) is 10.2 Å². The van der Waals surface area contributed by atoms with Gasteiger partial charge in [-0.1, -0.05) is 0 Å². The molecule has 2 rings (SSSR count). The van der Waals surface area contributed by atoms with Gasteiger partial charge in [0.2, 0.25) is 0 Å². The van der Waals surface area contributed by atoms with Gasteiger partial charge in [0.05, 0.1) is 5.56 Å². The van der Waals surface area contributed by atoms with E-state index in [-0.39, 0.29) is 28.9 Å². The molecule has 106 valence electrons. The zero-order chi connectivity index (χ0) is 14.0. The topological polar surface area (TPSA) is 96.2 Å². The molecule has 1 aromatic rings. The number of aliphatic hydroxyl groups excluding tert-OH is 1. The van der Waals surface area contributed by atoms with Crippen LogP contribution in [-0.4, -0.2) is 57.5 Å². The van der Waals surface area contributed by atoms with Crippen LogP contribution in [-0.2, 0) is 0 Å². The molecule has 2 atom stereocenters. The largest absolute Gasteiger partial charge is 0.508 e. The summed E-state index contributed by atoms with van der Waals surface area (Å²) in [6, 6.07) is 1.99. The van der Waals surface area contributed by atoms with Crippen LogP contribution in [0.3, 0.4) is 0 Å². The molecule has 0 radical (unpaired) electrons. The van der Waals surface area contributed by atoms with Gasteiger partial charge in [0.25, 0.3) is 0 Å². The zero-order valence-corrected chi connectivity index (χ0v) is 10.9. The average molecular weight is 268 g/mol. The number of phenols is 3. The number of rotatable bonds is 3. The van der Waals surface area contributed by atoms with Crippen LogP contribution >= 0.6 is 0 Å². The van der Waals surface area contributed by atoms with E-state index in [1.807, 2.05) is 6.92 Å². The molecule has 0 spiro atoms. The Labute approximate surface area is 111 Å². The number of aromatic hydroxyl groups is 3. The van der Waals surface area contributed by atoms with E-state index >= 15 is 0 Å². The van der Waals surface area contributed by atoms with Crippen LogP contribution in [0, 0.1) is 0 Å². The van der Waals surface area contributed by atoms with Gasteiger partial charge in [-0.2, -0.15) is 0 Å². The molecule has 2 unspecified atom stereocenters. The minimum Gasteiger partial charge on any atom is -0.508 e. The van der Waals surface area contributed by atoms with Crippen molar-refractivity contribution in [1.82, 2.24) is 10.2 Å². The summed E-state index contributed by atoms with van der Waals surface area (Å²) in [4.78, 5) is 2.09. The first-order valence-corrected chi connectivity index (χ1v) is 6.38. The lowest BCUT2D eigenvalue weighted by atomic mass is 9.99. The number of phenolic OH excluding ortho intramolecular Hbond substituents is 3. The number of nitrogens with one attached hydrogen (secondary N) is 1. The Morgan fingerprint density at radius 1 is 1.11 bits per heavy atom. The van der Waals surface area contributed by atoms with Crippen LogP contribution in [0.1, 0.15) is 18.6 Å². The number of hydrogen-bond acceptors (Lipinski definition) is 6. The van der Waals surface area contributed by atoms with Crippen molar-refractivity contribution in [2.24, 2.45) is 0 Å². The third kappa shape index (κ3) is 2.91. The van der Waals surface area contributed by atoms with Gasteiger partial charge in [0, 0.05) is 44.4 Å². The first-order valence-electron chi connectivity index (χ1n) is 6.38. The maximum absolute atomic E-state index is 10.3. The maximum atomic E-state index is 10.3. The summed E-state index contributed by atoms with van der Waals surface area (Å²) in [7, 11) is 0. The van der Waals surface area contributed by atoms with Crippen molar-refractivity contribution < 1.29 is 20.4 Å². The van der Waals surface area contributed by atoms with Gasteiger partial charge in [0.15, 0.2) is 0 Å². The smallest absolute Gasteiger partial charge is 0.128 e. The SMILES string of the molecule is CC(C(O)c1c(O)cc(O)cc1O)N1CCNCC1. The third-order valence-corrected chi connectivity index (χ3v) is 3.60. The first-order chi connectivity index (χ1) is 9.00. The summed E-state index contributed by atoms with van der Waals surface area (Å²) < 4.78 is 0. The highest BCUT2D eigenvalue weighted by Crippen LogP contribution is 2.38. The predicted molar refractivity (Wildman–Crippen MR) is 70.3 cm³/mol. The minimum absolute atomic E-state index is 0.0591. The van der Waals surface area contributed by atoms with E-state index in [0.29, 0.717) is 0 Å². The van der Waals surface area contributed by atoms with Gasteiger partial charge in [-0.25, -0.2) is 0 Å².